The lowest BCUT2D eigenvalue weighted by molar-refractivity contribution is -0.122. The van der Waals surface area contributed by atoms with E-state index in [1.165, 1.54) is 30.6 Å². The summed E-state index contributed by atoms with van der Waals surface area (Å²) in [5, 5.41) is 0. The minimum Gasteiger partial charge on any atom is -0.274 e. The van der Waals surface area contributed by atoms with Crippen LogP contribution in [0.2, 0.25) is 0 Å². The van der Waals surface area contributed by atoms with Crippen molar-refractivity contribution in [2.45, 2.75) is 24.7 Å². The van der Waals surface area contributed by atoms with Crippen LogP contribution in [0.5, 0.6) is 0 Å². The molecule has 5 nitrogen and oxygen atoms in total. The Morgan fingerprint density at radius 1 is 1.26 bits per heavy atom. The van der Waals surface area contributed by atoms with E-state index in [1.54, 1.807) is 25.1 Å². The highest BCUT2D eigenvalue weighted by molar-refractivity contribution is 7.90. The van der Waals surface area contributed by atoms with Crippen molar-refractivity contribution in [3.8, 4) is 0 Å². The Hall–Kier alpha value is -2.28. The minimum absolute atomic E-state index is 0.0744. The zero-order valence-electron chi connectivity index (χ0n) is 12.6. The van der Waals surface area contributed by atoms with Crippen molar-refractivity contribution in [1.29, 1.82) is 0 Å². The molecular formula is C16H17FN2O3S. The van der Waals surface area contributed by atoms with Gasteiger partial charge in [0.2, 0.25) is 5.91 Å². The molecule has 1 unspecified atom stereocenters. The molecule has 0 bridgehead atoms. The first-order valence-electron chi connectivity index (χ1n) is 7.10. The van der Waals surface area contributed by atoms with Gasteiger partial charge in [-0.25, -0.2) is 17.5 Å². The number of halogens is 1. The maximum absolute atomic E-state index is 13.5. The van der Waals surface area contributed by atoms with E-state index in [0.29, 0.717) is 18.4 Å². The van der Waals surface area contributed by atoms with Crippen molar-refractivity contribution in [3.63, 3.8) is 0 Å². The van der Waals surface area contributed by atoms with Crippen LogP contribution in [0.4, 0.5) is 4.39 Å². The third kappa shape index (κ3) is 4.59. The molecular weight excluding hydrogens is 319 g/mol. The van der Waals surface area contributed by atoms with Gasteiger partial charge in [-0.15, -0.1) is 0 Å². The molecule has 0 spiro atoms. The minimum atomic E-state index is -3.93. The van der Waals surface area contributed by atoms with E-state index in [0.717, 1.165) is 0 Å². The summed E-state index contributed by atoms with van der Waals surface area (Å²) in [6.45, 7) is 1.61. The molecule has 0 fully saturated rings. The van der Waals surface area contributed by atoms with Crippen LogP contribution in [-0.4, -0.2) is 19.3 Å². The molecule has 0 radical (unpaired) electrons. The summed E-state index contributed by atoms with van der Waals surface area (Å²) in [5.41, 5.74) is 0.502. The standard InChI is InChI=1S/C16H17FN2O3S/c1-12(8-9-13-5-2-3-7-15(13)17)16(20)19-23(21,22)14-6-4-10-18-11-14/h2-7,10-12H,8-9H2,1H3,(H,19,20). The number of amides is 1. The Morgan fingerprint density at radius 2 is 2.00 bits per heavy atom. The number of aromatic nitrogens is 1. The van der Waals surface area contributed by atoms with Crippen LogP contribution in [0.1, 0.15) is 18.9 Å². The summed E-state index contributed by atoms with van der Waals surface area (Å²) >= 11 is 0. The fourth-order valence-corrected chi connectivity index (χ4v) is 3.04. The Balaban J connectivity index is 1.97. The van der Waals surface area contributed by atoms with Gasteiger partial charge >= 0.3 is 0 Å². The molecule has 122 valence electrons. The molecule has 1 aromatic carbocycles. The van der Waals surface area contributed by atoms with Gasteiger partial charge in [0.15, 0.2) is 0 Å². The number of hydrogen-bond acceptors (Lipinski definition) is 4. The number of benzene rings is 1. The smallest absolute Gasteiger partial charge is 0.265 e. The van der Waals surface area contributed by atoms with Gasteiger partial charge < -0.3 is 0 Å². The number of hydrogen-bond donors (Lipinski definition) is 1. The van der Waals surface area contributed by atoms with Gasteiger partial charge in [-0.1, -0.05) is 25.1 Å². The summed E-state index contributed by atoms with van der Waals surface area (Å²) < 4.78 is 39.6. The maximum atomic E-state index is 13.5. The Bertz CT molecular complexity index is 779. The fourth-order valence-electron chi connectivity index (χ4n) is 2.00. The summed E-state index contributed by atoms with van der Waals surface area (Å²) in [4.78, 5) is 15.7. The highest BCUT2D eigenvalue weighted by Crippen LogP contribution is 2.14. The van der Waals surface area contributed by atoms with Crippen molar-refractivity contribution in [2.24, 2.45) is 5.92 Å². The van der Waals surface area contributed by atoms with E-state index in [1.807, 2.05) is 4.72 Å². The van der Waals surface area contributed by atoms with Crippen molar-refractivity contribution < 1.29 is 17.6 Å². The molecule has 1 heterocycles. The number of pyridine rings is 1. The van der Waals surface area contributed by atoms with Crippen LogP contribution in [0.15, 0.2) is 53.7 Å². The van der Waals surface area contributed by atoms with E-state index >= 15 is 0 Å². The average Bonchev–Trinajstić information content (AvgIpc) is 2.54. The van der Waals surface area contributed by atoms with Crippen molar-refractivity contribution in [2.75, 3.05) is 0 Å². The lowest BCUT2D eigenvalue weighted by atomic mass is 10.0. The highest BCUT2D eigenvalue weighted by atomic mass is 32.2. The third-order valence-corrected chi connectivity index (χ3v) is 4.76. The summed E-state index contributed by atoms with van der Waals surface area (Å²) in [6, 6.07) is 9.14. The summed E-state index contributed by atoms with van der Waals surface area (Å²) in [5.74, 6) is -1.52. The largest absolute Gasteiger partial charge is 0.274 e. The monoisotopic (exact) mass is 336 g/mol. The first kappa shape index (κ1) is 17.1. The molecule has 1 N–H and O–H groups in total. The number of carbonyl (C=O) groups is 1. The van der Waals surface area contributed by atoms with Gasteiger partial charge in [0.05, 0.1) is 0 Å². The van der Waals surface area contributed by atoms with Gasteiger partial charge in [-0.2, -0.15) is 0 Å². The van der Waals surface area contributed by atoms with E-state index in [4.69, 9.17) is 0 Å². The van der Waals surface area contributed by atoms with Gasteiger partial charge in [0, 0.05) is 18.3 Å². The summed E-state index contributed by atoms with van der Waals surface area (Å²) in [7, 11) is -3.93. The van der Waals surface area contributed by atoms with E-state index in [-0.39, 0.29) is 10.7 Å². The van der Waals surface area contributed by atoms with E-state index < -0.39 is 21.8 Å². The van der Waals surface area contributed by atoms with Crippen LogP contribution in [0.25, 0.3) is 0 Å². The van der Waals surface area contributed by atoms with Gasteiger partial charge in [0.1, 0.15) is 10.7 Å². The zero-order chi connectivity index (χ0) is 16.9. The first-order valence-corrected chi connectivity index (χ1v) is 8.58. The van der Waals surface area contributed by atoms with Crippen LogP contribution >= 0.6 is 0 Å². The number of nitrogens with one attached hydrogen (secondary N) is 1. The van der Waals surface area contributed by atoms with Crippen LogP contribution in [0.3, 0.4) is 0 Å². The molecule has 0 aliphatic carbocycles. The molecule has 0 aliphatic heterocycles. The first-order chi connectivity index (χ1) is 10.9. The van der Waals surface area contributed by atoms with Crippen LogP contribution in [-0.2, 0) is 21.2 Å². The lowest BCUT2D eigenvalue weighted by Gasteiger charge is -2.12. The van der Waals surface area contributed by atoms with Gasteiger partial charge in [-0.3, -0.25) is 9.78 Å². The molecule has 7 heteroatoms. The molecule has 0 aliphatic rings. The maximum Gasteiger partial charge on any atom is 0.265 e. The number of carbonyl (C=O) groups excluding carboxylic acids is 1. The number of sulfonamides is 1. The predicted molar refractivity (Wildman–Crippen MR) is 83.5 cm³/mol. The van der Waals surface area contributed by atoms with E-state index in [2.05, 4.69) is 4.98 Å². The van der Waals surface area contributed by atoms with Crippen molar-refractivity contribution >= 4 is 15.9 Å². The van der Waals surface area contributed by atoms with Crippen molar-refractivity contribution in [1.82, 2.24) is 9.71 Å². The fraction of sp³-hybridized carbons (Fsp3) is 0.250. The predicted octanol–water partition coefficient (Wildman–Crippen LogP) is 2.29. The lowest BCUT2D eigenvalue weighted by Crippen LogP contribution is -2.34. The quantitative estimate of drug-likeness (QED) is 0.878. The Morgan fingerprint density at radius 3 is 2.65 bits per heavy atom. The zero-order valence-corrected chi connectivity index (χ0v) is 13.4. The topological polar surface area (TPSA) is 76.1 Å². The molecule has 2 aromatic rings. The number of aryl methyl sites for hydroxylation is 1. The third-order valence-electron chi connectivity index (χ3n) is 3.43. The molecule has 23 heavy (non-hydrogen) atoms. The second kappa shape index (κ2) is 7.32. The summed E-state index contributed by atoms with van der Waals surface area (Å²) in [6.07, 6.45) is 3.31. The van der Waals surface area contributed by atoms with Gasteiger partial charge in [0.25, 0.3) is 10.0 Å². The van der Waals surface area contributed by atoms with Gasteiger partial charge in [-0.05, 0) is 36.6 Å². The van der Waals surface area contributed by atoms with Crippen LogP contribution in [0, 0.1) is 11.7 Å². The second-order valence-corrected chi connectivity index (χ2v) is 6.87. The van der Waals surface area contributed by atoms with Crippen LogP contribution < -0.4 is 4.72 Å². The number of nitrogens with zero attached hydrogens (tertiary/aromatic N) is 1. The molecule has 0 saturated carbocycles. The Labute approximate surface area is 134 Å². The Kier molecular flexibility index (Phi) is 5.44. The molecule has 0 saturated heterocycles. The molecule has 1 aromatic heterocycles. The van der Waals surface area contributed by atoms with Crippen molar-refractivity contribution in [3.05, 3.63) is 60.2 Å². The normalized spacial score (nSPS) is 12.6. The number of rotatable bonds is 6. The average molecular weight is 336 g/mol. The SMILES string of the molecule is CC(CCc1ccccc1F)C(=O)NS(=O)(=O)c1cccnc1. The highest BCUT2D eigenvalue weighted by Gasteiger charge is 2.21. The van der Waals surface area contributed by atoms with E-state index in [9.17, 15) is 17.6 Å². The molecule has 1 atom stereocenters. The molecule has 2 rings (SSSR count). The molecule has 1 amide bonds. The second-order valence-electron chi connectivity index (χ2n) is 5.19.